The molecule has 0 aliphatic carbocycles. The average Bonchev–Trinajstić information content (AvgIpc) is 2.88. The van der Waals surface area contributed by atoms with E-state index in [0.717, 1.165) is 0 Å². The number of alkyl halides is 1. The van der Waals surface area contributed by atoms with E-state index in [0.29, 0.717) is 35.8 Å². The zero-order valence-electron chi connectivity index (χ0n) is 12.1. The quantitative estimate of drug-likeness (QED) is 0.619. The molecule has 2 rings (SSSR count). The minimum Gasteiger partial charge on any atom is -0.497 e. The van der Waals surface area contributed by atoms with Crippen molar-refractivity contribution < 1.29 is 19.1 Å². The van der Waals surface area contributed by atoms with Crippen LogP contribution in [-0.2, 0) is 9.53 Å². The van der Waals surface area contributed by atoms with Gasteiger partial charge < -0.3 is 14.4 Å². The topological polar surface area (TPSA) is 55.8 Å². The molecule has 114 valence electrons. The molecular formula is C15H18ClNO4. The number of halogens is 1. The fraction of sp³-hybridized carbons (Fsp3) is 0.467. The number of benzene rings is 1. The number of hydrogen-bond acceptors (Lipinski definition) is 4. The molecule has 0 spiro atoms. The minimum atomic E-state index is -0.464. The van der Waals surface area contributed by atoms with Crippen molar-refractivity contribution >= 4 is 29.2 Å². The van der Waals surface area contributed by atoms with Crippen LogP contribution in [0.1, 0.15) is 23.7 Å². The smallest absolute Gasteiger partial charge is 0.340 e. The van der Waals surface area contributed by atoms with Gasteiger partial charge in [0.15, 0.2) is 0 Å². The zero-order valence-corrected chi connectivity index (χ0v) is 12.9. The van der Waals surface area contributed by atoms with Crippen LogP contribution in [0.4, 0.5) is 5.69 Å². The lowest BCUT2D eigenvalue weighted by Gasteiger charge is -2.20. The average molecular weight is 312 g/mol. The van der Waals surface area contributed by atoms with E-state index in [1.807, 2.05) is 0 Å². The number of amides is 1. The van der Waals surface area contributed by atoms with Gasteiger partial charge in [-0.05, 0) is 31.0 Å². The van der Waals surface area contributed by atoms with Crippen molar-refractivity contribution in [3.8, 4) is 5.75 Å². The standard InChI is InChI=1S/C15H18ClNO4/c1-3-21-15(19)12-7-11(20-2)4-5-13(12)17-9-10(8-16)6-14(17)18/h4-5,7,10H,3,6,8-9H2,1-2H3. The van der Waals surface area contributed by atoms with Crippen molar-refractivity contribution in [3.05, 3.63) is 23.8 Å². The van der Waals surface area contributed by atoms with Crippen LogP contribution in [0, 0.1) is 5.92 Å². The van der Waals surface area contributed by atoms with E-state index in [1.165, 1.54) is 7.11 Å². The van der Waals surface area contributed by atoms with E-state index in [1.54, 1.807) is 30.0 Å². The molecule has 0 saturated carbocycles. The highest BCUT2D eigenvalue weighted by atomic mass is 35.5. The summed E-state index contributed by atoms with van der Waals surface area (Å²) >= 11 is 5.84. The van der Waals surface area contributed by atoms with E-state index >= 15 is 0 Å². The maximum Gasteiger partial charge on any atom is 0.340 e. The molecule has 21 heavy (non-hydrogen) atoms. The van der Waals surface area contributed by atoms with Crippen LogP contribution in [0.15, 0.2) is 18.2 Å². The van der Waals surface area contributed by atoms with Crippen molar-refractivity contribution in [2.45, 2.75) is 13.3 Å². The van der Waals surface area contributed by atoms with Gasteiger partial charge in [0.25, 0.3) is 0 Å². The first-order valence-electron chi connectivity index (χ1n) is 6.82. The van der Waals surface area contributed by atoms with Gasteiger partial charge in [0.05, 0.1) is 25.0 Å². The molecule has 1 amide bonds. The van der Waals surface area contributed by atoms with Gasteiger partial charge in [0.1, 0.15) is 5.75 Å². The number of anilines is 1. The maximum absolute atomic E-state index is 12.1. The molecule has 0 aromatic heterocycles. The summed E-state index contributed by atoms with van der Waals surface area (Å²) in [6.45, 7) is 2.52. The minimum absolute atomic E-state index is 0.0311. The second kappa shape index (κ2) is 6.80. The highest BCUT2D eigenvalue weighted by Gasteiger charge is 2.32. The van der Waals surface area contributed by atoms with E-state index in [4.69, 9.17) is 21.1 Å². The Morgan fingerprint density at radius 2 is 2.24 bits per heavy atom. The molecule has 1 heterocycles. The van der Waals surface area contributed by atoms with Gasteiger partial charge >= 0.3 is 5.97 Å². The zero-order chi connectivity index (χ0) is 15.4. The fourth-order valence-electron chi connectivity index (χ4n) is 2.37. The lowest BCUT2D eigenvalue weighted by Crippen LogP contribution is -2.27. The Balaban J connectivity index is 2.38. The van der Waals surface area contributed by atoms with Crippen LogP contribution < -0.4 is 9.64 Å². The van der Waals surface area contributed by atoms with Gasteiger partial charge in [-0.2, -0.15) is 0 Å². The Morgan fingerprint density at radius 3 is 2.81 bits per heavy atom. The second-order valence-corrected chi connectivity index (χ2v) is 5.14. The monoisotopic (exact) mass is 311 g/mol. The molecule has 1 aliphatic rings. The van der Waals surface area contributed by atoms with Crippen LogP contribution >= 0.6 is 11.6 Å². The molecule has 6 heteroatoms. The number of methoxy groups -OCH3 is 1. The molecule has 1 atom stereocenters. The largest absolute Gasteiger partial charge is 0.497 e. The second-order valence-electron chi connectivity index (χ2n) is 4.83. The summed E-state index contributed by atoms with van der Waals surface area (Å²) < 4.78 is 10.2. The summed E-state index contributed by atoms with van der Waals surface area (Å²) in [5, 5.41) is 0. The Morgan fingerprint density at radius 1 is 1.48 bits per heavy atom. The molecule has 1 fully saturated rings. The Hall–Kier alpha value is -1.75. The summed E-state index contributed by atoms with van der Waals surface area (Å²) in [7, 11) is 1.52. The van der Waals surface area contributed by atoms with Gasteiger partial charge in [-0.25, -0.2) is 4.79 Å². The third-order valence-corrected chi connectivity index (χ3v) is 3.85. The normalized spacial score (nSPS) is 18.0. The predicted molar refractivity (Wildman–Crippen MR) is 80.1 cm³/mol. The molecule has 1 aromatic rings. The lowest BCUT2D eigenvalue weighted by molar-refractivity contribution is -0.117. The fourth-order valence-corrected chi connectivity index (χ4v) is 2.57. The molecule has 0 bridgehead atoms. The number of hydrogen-bond donors (Lipinski definition) is 0. The van der Waals surface area contributed by atoms with E-state index in [2.05, 4.69) is 0 Å². The van der Waals surface area contributed by atoms with E-state index in [9.17, 15) is 9.59 Å². The SMILES string of the molecule is CCOC(=O)c1cc(OC)ccc1N1CC(CCl)CC1=O. The van der Waals surface area contributed by atoms with Crippen LogP contribution in [0.25, 0.3) is 0 Å². The Labute approximate surface area is 128 Å². The van der Waals surface area contributed by atoms with Gasteiger partial charge in [-0.1, -0.05) is 0 Å². The summed E-state index contributed by atoms with van der Waals surface area (Å²) in [5.74, 6) is 0.580. The number of esters is 1. The summed E-state index contributed by atoms with van der Waals surface area (Å²) in [4.78, 5) is 25.8. The molecular weight excluding hydrogens is 294 g/mol. The van der Waals surface area contributed by atoms with Crippen LogP contribution in [0.2, 0.25) is 0 Å². The first-order chi connectivity index (χ1) is 10.1. The molecule has 0 N–H and O–H groups in total. The highest BCUT2D eigenvalue weighted by Crippen LogP contribution is 2.31. The van der Waals surface area contributed by atoms with Crippen LogP contribution in [0.5, 0.6) is 5.75 Å². The predicted octanol–water partition coefficient (Wildman–Crippen LogP) is 2.46. The maximum atomic E-state index is 12.1. The van der Waals surface area contributed by atoms with Gasteiger partial charge in [0.2, 0.25) is 5.91 Å². The van der Waals surface area contributed by atoms with Crippen molar-refractivity contribution in [1.29, 1.82) is 0 Å². The van der Waals surface area contributed by atoms with E-state index in [-0.39, 0.29) is 18.4 Å². The van der Waals surface area contributed by atoms with Crippen molar-refractivity contribution in [3.63, 3.8) is 0 Å². The van der Waals surface area contributed by atoms with Crippen molar-refractivity contribution in [2.75, 3.05) is 31.0 Å². The molecule has 1 unspecified atom stereocenters. The van der Waals surface area contributed by atoms with Crippen molar-refractivity contribution in [1.82, 2.24) is 0 Å². The van der Waals surface area contributed by atoms with Gasteiger partial charge in [-0.15, -0.1) is 11.6 Å². The molecule has 0 radical (unpaired) electrons. The Bertz CT molecular complexity index is 546. The number of ether oxygens (including phenoxy) is 2. The molecule has 1 saturated heterocycles. The summed E-state index contributed by atoms with van der Waals surface area (Å²) in [5.41, 5.74) is 0.881. The van der Waals surface area contributed by atoms with Gasteiger partial charge in [-0.3, -0.25) is 4.79 Å². The van der Waals surface area contributed by atoms with Crippen LogP contribution in [-0.4, -0.2) is 38.0 Å². The molecule has 1 aliphatic heterocycles. The number of rotatable bonds is 5. The highest BCUT2D eigenvalue weighted by molar-refractivity contribution is 6.18. The Kier molecular flexibility index (Phi) is 5.07. The number of carbonyl (C=O) groups excluding carboxylic acids is 2. The van der Waals surface area contributed by atoms with Gasteiger partial charge in [0, 0.05) is 18.8 Å². The number of nitrogens with zero attached hydrogens (tertiary/aromatic N) is 1. The van der Waals surface area contributed by atoms with Crippen molar-refractivity contribution in [2.24, 2.45) is 5.92 Å². The third-order valence-electron chi connectivity index (χ3n) is 3.41. The number of carbonyl (C=O) groups is 2. The first-order valence-corrected chi connectivity index (χ1v) is 7.35. The first kappa shape index (κ1) is 15.6. The summed E-state index contributed by atoms with van der Waals surface area (Å²) in [6, 6.07) is 5.02. The molecule has 5 nitrogen and oxygen atoms in total. The third kappa shape index (κ3) is 3.29. The van der Waals surface area contributed by atoms with Crippen LogP contribution in [0.3, 0.4) is 0 Å². The molecule has 1 aromatic carbocycles. The van der Waals surface area contributed by atoms with E-state index < -0.39 is 5.97 Å². The summed E-state index contributed by atoms with van der Waals surface area (Å²) in [6.07, 6.45) is 0.401. The lowest BCUT2D eigenvalue weighted by atomic mass is 10.1.